The molecule has 0 aliphatic carbocycles. The molecule has 0 saturated carbocycles. The predicted molar refractivity (Wildman–Crippen MR) is 82.8 cm³/mol. The molecule has 0 N–H and O–H groups in total. The highest BCUT2D eigenvalue weighted by Gasteiger charge is 2.14. The third kappa shape index (κ3) is 2.18. The lowest BCUT2D eigenvalue weighted by molar-refractivity contribution is -0.121. The third-order valence-corrected chi connectivity index (χ3v) is 3.69. The quantitative estimate of drug-likeness (QED) is 0.664. The van der Waals surface area contributed by atoms with Crippen LogP contribution >= 0.6 is 0 Å². The molecule has 2 nitrogen and oxygen atoms in total. The number of fused-ring (bicyclic) bond motifs is 2. The molecular formula is C18H17NO. The molecule has 0 unspecified atom stereocenters. The molecule has 0 radical (unpaired) electrons. The number of para-hydroxylation sites is 2. The number of rotatable bonds is 3. The van der Waals surface area contributed by atoms with E-state index in [1.807, 2.05) is 50.2 Å². The number of carbonyl (C=O) groups is 1. The monoisotopic (exact) mass is 263 g/mol. The molecule has 0 amide bonds. The second-order valence-corrected chi connectivity index (χ2v) is 5.42. The van der Waals surface area contributed by atoms with Crippen LogP contribution in [0.3, 0.4) is 0 Å². The Morgan fingerprint density at radius 2 is 1.45 bits per heavy atom. The topological polar surface area (TPSA) is 30.0 Å². The van der Waals surface area contributed by atoms with Crippen molar-refractivity contribution in [3.8, 4) is 0 Å². The van der Waals surface area contributed by atoms with Crippen molar-refractivity contribution in [1.29, 1.82) is 0 Å². The zero-order chi connectivity index (χ0) is 14.1. The van der Waals surface area contributed by atoms with Crippen LogP contribution in [0.4, 0.5) is 0 Å². The van der Waals surface area contributed by atoms with Gasteiger partial charge in [0.15, 0.2) is 0 Å². The average Bonchev–Trinajstić information content (AvgIpc) is 2.46. The van der Waals surface area contributed by atoms with E-state index in [4.69, 9.17) is 0 Å². The van der Waals surface area contributed by atoms with Crippen LogP contribution in [0, 0.1) is 5.92 Å². The summed E-state index contributed by atoms with van der Waals surface area (Å²) in [6.07, 6.45) is 0.473. The van der Waals surface area contributed by atoms with Gasteiger partial charge in [-0.25, -0.2) is 4.98 Å². The fourth-order valence-corrected chi connectivity index (χ4v) is 2.50. The van der Waals surface area contributed by atoms with Gasteiger partial charge < -0.3 is 0 Å². The first-order valence-electron chi connectivity index (χ1n) is 6.96. The second kappa shape index (κ2) is 5.04. The minimum atomic E-state index is 0.0562. The van der Waals surface area contributed by atoms with Gasteiger partial charge in [0.05, 0.1) is 11.0 Å². The number of pyridine rings is 1. The van der Waals surface area contributed by atoms with Crippen molar-refractivity contribution in [2.24, 2.45) is 5.92 Å². The number of aromatic nitrogens is 1. The molecule has 0 bridgehead atoms. The molecule has 100 valence electrons. The fraction of sp³-hybridized carbons (Fsp3) is 0.222. The summed E-state index contributed by atoms with van der Waals surface area (Å²) in [6, 6.07) is 16.1. The van der Waals surface area contributed by atoms with Crippen molar-refractivity contribution in [1.82, 2.24) is 4.98 Å². The van der Waals surface area contributed by atoms with Crippen LogP contribution in [0.5, 0.6) is 0 Å². The standard InChI is InChI=1S/C18H17NO/c1-12(2)18(20)11-15-13-7-3-5-9-16(13)19-17-10-6-4-8-14(15)17/h3-10,12H,11H2,1-2H3. The van der Waals surface area contributed by atoms with E-state index in [1.54, 1.807) is 0 Å². The maximum Gasteiger partial charge on any atom is 0.139 e. The lowest BCUT2D eigenvalue weighted by Gasteiger charge is -2.11. The largest absolute Gasteiger partial charge is 0.299 e. The van der Waals surface area contributed by atoms with Gasteiger partial charge in [-0.15, -0.1) is 0 Å². The SMILES string of the molecule is CC(C)C(=O)Cc1c2ccccc2nc2ccccc12. The van der Waals surface area contributed by atoms with E-state index < -0.39 is 0 Å². The highest BCUT2D eigenvalue weighted by atomic mass is 16.1. The van der Waals surface area contributed by atoms with Crippen LogP contribution in [0.2, 0.25) is 0 Å². The molecule has 3 aromatic rings. The summed E-state index contributed by atoms with van der Waals surface area (Å²) in [6.45, 7) is 3.90. The van der Waals surface area contributed by atoms with Gasteiger partial charge in [-0.2, -0.15) is 0 Å². The Morgan fingerprint density at radius 3 is 1.95 bits per heavy atom. The summed E-state index contributed by atoms with van der Waals surface area (Å²) in [5, 5.41) is 2.17. The van der Waals surface area contributed by atoms with Crippen LogP contribution in [-0.2, 0) is 11.2 Å². The van der Waals surface area contributed by atoms with Gasteiger partial charge in [0.1, 0.15) is 5.78 Å². The van der Waals surface area contributed by atoms with E-state index in [0.717, 1.165) is 27.4 Å². The number of hydrogen-bond donors (Lipinski definition) is 0. The summed E-state index contributed by atoms with van der Waals surface area (Å²) in [5.41, 5.74) is 3.01. The normalized spacial score (nSPS) is 11.3. The van der Waals surface area contributed by atoms with Gasteiger partial charge in [0.2, 0.25) is 0 Å². The molecule has 20 heavy (non-hydrogen) atoms. The number of hydrogen-bond acceptors (Lipinski definition) is 2. The first kappa shape index (κ1) is 12.8. The molecule has 2 aromatic carbocycles. The molecule has 0 atom stereocenters. The van der Waals surface area contributed by atoms with E-state index >= 15 is 0 Å². The first-order valence-corrected chi connectivity index (χ1v) is 6.96. The summed E-state index contributed by atoms with van der Waals surface area (Å²) < 4.78 is 0. The van der Waals surface area contributed by atoms with Crippen LogP contribution in [0.15, 0.2) is 48.5 Å². The Labute approximate surface area is 118 Å². The highest BCUT2D eigenvalue weighted by Crippen LogP contribution is 2.26. The molecule has 0 saturated heterocycles. The number of carbonyl (C=O) groups excluding carboxylic acids is 1. The number of nitrogens with zero attached hydrogens (tertiary/aromatic N) is 1. The lowest BCUT2D eigenvalue weighted by Crippen LogP contribution is -2.11. The summed E-state index contributed by atoms with van der Waals surface area (Å²) in [4.78, 5) is 16.9. The van der Waals surface area contributed by atoms with Crippen LogP contribution in [-0.4, -0.2) is 10.8 Å². The number of ketones is 1. The molecule has 2 heteroatoms. The Hall–Kier alpha value is -2.22. The van der Waals surface area contributed by atoms with E-state index in [9.17, 15) is 4.79 Å². The maximum atomic E-state index is 12.2. The Kier molecular flexibility index (Phi) is 3.23. The lowest BCUT2D eigenvalue weighted by atomic mass is 9.95. The first-order chi connectivity index (χ1) is 9.66. The summed E-state index contributed by atoms with van der Waals surface area (Å²) >= 11 is 0. The van der Waals surface area contributed by atoms with Crippen molar-refractivity contribution in [3.63, 3.8) is 0 Å². The number of Topliss-reactive ketones (excluding diaryl/α,β-unsaturated/α-hetero) is 1. The van der Waals surface area contributed by atoms with Crippen LogP contribution in [0.1, 0.15) is 19.4 Å². The minimum absolute atomic E-state index is 0.0562. The second-order valence-electron chi connectivity index (χ2n) is 5.42. The van der Waals surface area contributed by atoms with Gasteiger partial charge in [0, 0.05) is 23.1 Å². The molecular weight excluding hydrogens is 246 g/mol. The molecule has 0 aliphatic heterocycles. The minimum Gasteiger partial charge on any atom is -0.299 e. The van der Waals surface area contributed by atoms with Crippen molar-refractivity contribution in [3.05, 3.63) is 54.1 Å². The Morgan fingerprint density at radius 1 is 0.950 bits per heavy atom. The molecule has 1 aromatic heterocycles. The summed E-state index contributed by atoms with van der Waals surface area (Å²) in [7, 11) is 0. The molecule has 3 rings (SSSR count). The van der Waals surface area contributed by atoms with Crippen molar-refractivity contribution >= 4 is 27.6 Å². The van der Waals surface area contributed by atoms with Crippen molar-refractivity contribution in [2.45, 2.75) is 20.3 Å². The van der Waals surface area contributed by atoms with E-state index in [0.29, 0.717) is 6.42 Å². The van der Waals surface area contributed by atoms with Gasteiger partial charge in [-0.3, -0.25) is 4.79 Å². The molecule has 0 spiro atoms. The maximum absolute atomic E-state index is 12.2. The third-order valence-electron chi connectivity index (χ3n) is 3.69. The fourth-order valence-electron chi connectivity index (χ4n) is 2.50. The zero-order valence-electron chi connectivity index (χ0n) is 11.8. The van der Waals surface area contributed by atoms with Crippen molar-refractivity contribution < 1.29 is 4.79 Å². The zero-order valence-corrected chi connectivity index (χ0v) is 11.8. The van der Waals surface area contributed by atoms with Gasteiger partial charge in [0.25, 0.3) is 0 Å². The van der Waals surface area contributed by atoms with Crippen molar-refractivity contribution in [2.75, 3.05) is 0 Å². The molecule has 0 aliphatic rings. The van der Waals surface area contributed by atoms with Crippen LogP contribution < -0.4 is 0 Å². The smallest absolute Gasteiger partial charge is 0.139 e. The van der Waals surface area contributed by atoms with E-state index in [1.165, 1.54) is 0 Å². The molecule has 1 heterocycles. The Bertz CT molecular complexity index is 736. The van der Waals surface area contributed by atoms with Crippen LogP contribution in [0.25, 0.3) is 21.8 Å². The Balaban J connectivity index is 2.30. The van der Waals surface area contributed by atoms with E-state index in [2.05, 4.69) is 17.1 Å². The van der Waals surface area contributed by atoms with Gasteiger partial charge in [-0.05, 0) is 17.7 Å². The predicted octanol–water partition coefficient (Wildman–Crippen LogP) is 4.16. The number of benzene rings is 2. The average molecular weight is 263 g/mol. The summed E-state index contributed by atoms with van der Waals surface area (Å²) in [5.74, 6) is 0.326. The molecule has 0 fully saturated rings. The van der Waals surface area contributed by atoms with Gasteiger partial charge in [-0.1, -0.05) is 50.2 Å². The highest BCUT2D eigenvalue weighted by molar-refractivity contribution is 6.01. The van der Waals surface area contributed by atoms with E-state index in [-0.39, 0.29) is 11.7 Å². The van der Waals surface area contributed by atoms with Gasteiger partial charge >= 0.3 is 0 Å².